The number of anilines is 2. The number of benzene rings is 1. The van der Waals surface area contributed by atoms with Crippen LogP contribution < -0.4 is 10.2 Å². The molecule has 1 atom stereocenters. The monoisotopic (exact) mass is 310 g/mol. The maximum atomic E-state index is 12.8. The van der Waals surface area contributed by atoms with E-state index >= 15 is 0 Å². The van der Waals surface area contributed by atoms with Crippen molar-refractivity contribution in [1.29, 1.82) is 0 Å². The number of carbonyl (C=O) groups is 1. The third-order valence-electron chi connectivity index (χ3n) is 4.85. The van der Waals surface area contributed by atoms with E-state index in [0.717, 1.165) is 37.3 Å². The fourth-order valence-corrected chi connectivity index (χ4v) is 3.65. The van der Waals surface area contributed by atoms with Gasteiger partial charge in [0.2, 0.25) is 0 Å². The molecular weight excluding hydrogens is 288 g/mol. The number of aromatic nitrogens is 2. The molecule has 2 aliphatic rings. The van der Waals surface area contributed by atoms with Crippen molar-refractivity contribution in [2.75, 3.05) is 16.8 Å². The number of hydrogen-bond donors (Lipinski definition) is 1. The Morgan fingerprint density at radius 3 is 2.87 bits per heavy atom. The highest BCUT2D eigenvalue weighted by molar-refractivity contribution is 5.98. The molecule has 120 valence electrons. The van der Waals surface area contributed by atoms with Crippen molar-refractivity contribution < 1.29 is 4.79 Å². The largest absolute Gasteiger partial charge is 0.374 e. The maximum Gasteiger partial charge on any atom is 0.250 e. The number of piperidine rings is 1. The number of nitrogens with zero attached hydrogens (tertiary/aromatic N) is 3. The van der Waals surface area contributed by atoms with E-state index in [2.05, 4.69) is 28.6 Å². The summed E-state index contributed by atoms with van der Waals surface area (Å²) in [6.45, 7) is 0.748. The molecule has 1 aromatic heterocycles. The van der Waals surface area contributed by atoms with E-state index in [4.69, 9.17) is 0 Å². The van der Waals surface area contributed by atoms with Gasteiger partial charge in [0.15, 0.2) is 5.82 Å². The van der Waals surface area contributed by atoms with E-state index in [1.54, 1.807) is 9.58 Å². The first-order chi connectivity index (χ1) is 11.2. The summed E-state index contributed by atoms with van der Waals surface area (Å²) in [7, 11) is 1.87. The molecule has 1 aliphatic heterocycles. The number of nitrogens with one attached hydrogen (secondary N) is 1. The highest BCUT2D eigenvalue weighted by atomic mass is 16.2. The van der Waals surface area contributed by atoms with Gasteiger partial charge in [-0.05, 0) is 55.4 Å². The third kappa shape index (κ3) is 2.71. The quantitative estimate of drug-likeness (QED) is 0.948. The molecule has 1 amide bonds. The van der Waals surface area contributed by atoms with Crippen LogP contribution in [0.25, 0.3) is 0 Å². The van der Waals surface area contributed by atoms with Crippen LogP contribution in [0.4, 0.5) is 11.5 Å². The van der Waals surface area contributed by atoms with E-state index in [1.165, 1.54) is 24.0 Å². The van der Waals surface area contributed by atoms with Crippen molar-refractivity contribution in [2.45, 2.75) is 38.1 Å². The minimum atomic E-state index is -0.162. The number of carbonyl (C=O) groups excluding carboxylic acids is 1. The summed E-state index contributed by atoms with van der Waals surface area (Å²) in [4.78, 5) is 14.6. The second-order valence-corrected chi connectivity index (χ2v) is 6.51. The molecule has 4 rings (SSSR count). The number of amides is 1. The Morgan fingerprint density at radius 1 is 1.17 bits per heavy atom. The molecule has 0 radical (unpaired) electrons. The molecule has 0 unspecified atom stereocenters. The van der Waals surface area contributed by atoms with Gasteiger partial charge in [0, 0.05) is 31.5 Å². The summed E-state index contributed by atoms with van der Waals surface area (Å²) >= 11 is 0. The first kappa shape index (κ1) is 14.3. The molecule has 1 fully saturated rings. The van der Waals surface area contributed by atoms with Gasteiger partial charge in [-0.3, -0.25) is 14.4 Å². The average Bonchev–Trinajstić information content (AvgIpc) is 3.17. The number of hydrogen-bond acceptors (Lipinski definition) is 3. The van der Waals surface area contributed by atoms with Crippen LogP contribution in [0.5, 0.6) is 0 Å². The first-order valence-corrected chi connectivity index (χ1v) is 8.40. The molecule has 0 saturated carbocycles. The van der Waals surface area contributed by atoms with Crippen molar-refractivity contribution >= 4 is 17.4 Å². The van der Waals surface area contributed by atoms with Gasteiger partial charge in [-0.1, -0.05) is 6.07 Å². The Bertz CT molecular complexity index is 736. The van der Waals surface area contributed by atoms with Gasteiger partial charge in [-0.25, -0.2) is 0 Å². The molecule has 1 aliphatic carbocycles. The summed E-state index contributed by atoms with van der Waals surface area (Å²) in [6.07, 6.45) is 7.33. The first-order valence-electron chi connectivity index (χ1n) is 8.40. The van der Waals surface area contributed by atoms with Gasteiger partial charge in [-0.2, -0.15) is 5.10 Å². The molecule has 2 heterocycles. The van der Waals surface area contributed by atoms with E-state index in [1.807, 2.05) is 19.3 Å². The number of fused-ring (bicyclic) bond motifs is 1. The minimum absolute atomic E-state index is 0.121. The number of aryl methyl sites for hydroxylation is 3. The fraction of sp³-hybridized carbons (Fsp3) is 0.444. The Morgan fingerprint density at radius 2 is 2.04 bits per heavy atom. The predicted molar refractivity (Wildman–Crippen MR) is 90.7 cm³/mol. The van der Waals surface area contributed by atoms with Crippen LogP contribution in [0.1, 0.15) is 30.4 Å². The molecule has 5 nitrogen and oxygen atoms in total. The Kier molecular flexibility index (Phi) is 3.56. The zero-order valence-corrected chi connectivity index (χ0v) is 13.5. The summed E-state index contributed by atoms with van der Waals surface area (Å²) in [5, 5.41) is 7.81. The SMILES string of the molecule is Cn1ccc(N2CCC[C@@H](Nc3ccc4c(c3)CCC4)C2=O)n1. The van der Waals surface area contributed by atoms with E-state index in [9.17, 15) is 4.79 Å². The highest BCUT2D eigenvalue weighted by Gasteiger charge is 2.30. The molecule has 1 saturated heterocycles. The van der Waals surface area contributed by atoms with Gasteiger partial charge in [0.05, 0.1) is 0 Å². The molecule has 2 aromatic rings. The normalized spacial score (nSPS) is 20.7. The molecular formula is C18H22N4O. The van der Waals surface area contributed by atoms with Gasteiger partial charge < -0.3 is 5.32 Å². The standard InChI is InChI=1S/C18H22N4O/c1-21-11-9-17(20-21)22-10-3-6-16(18(22)23)19-15-8-7-13-4-2-5-14(13)12-15/h7-9,11-12,16,19H,2-6,10H2,1H3/t16-/m1/s1. The Labute approximate surface area is 136 Å². The Hall–Kier alpha value is -2.30. The van der Waals surface area contributed by atoms with Crippen molar-refractivity contribution in [2.24, 2.45) is 7.05 Å². The van der Waals surface area contributed by atoms with Crippen LogP contribution in [-0.4, -0.2) is 28.3 Å². The molecule has 1 N–H and O–H groups in total. The topological polar surface area (TPSA) is 50.2 Å². The van der Waals surface area contributed by atoms with Crippen LogP contribution in [0, 0.1) is 0 Å². The summed E-state index contributed by atoms with van der Waals surface area (Å²) in [6, 6.07) is 8.27. The third-order valence-corrected chi connectivity index (χ3v) is 4.85. The molecule has 23 heavy (non-hydrogen) atoms. The lowest BCUT2D eigenvalue weighted by molar-refractivity contribution is -0.120. The van der Waals surface area contributed by atoms with E-state index in [0.29, 0.717) is 0 Å². The summed E-state index contributed by atoms with van der Waals surface area (Å²) in [5.74, 6) is 0.869. The highest BCUT2D eigenvalue weighted by Crippen LogP contribution is 2.27. The second kappa shape index (κ2) is 5.72. The number of rotatable bonds is 3. The minimum Gasteiger partial charge on any atom is -0.374 e. The van der Waals surface area contributed by atoms with Crippen LogP contribution in [0.3, 0.4) is 0 Å². The second-order valence-electron chi connectivity index (χ2n) is 6.51. The van der Waals surface area contributed by atoms with Crippen LogP contribution in [-0.2, 0) is 24.7 Å². The lowest BCUT2D eigenvalue weighted by Crippen LogP contribution is -2.48. The van der Waals surface area contributed by atoms with Crippen LogP contribution >= 0.6 is 0 Å². The molecule has 0 spiro atoms. The summed E-state index contributed by atoms with van der Waals surface area (Å²) < 4.78 is 1.74. The van der Waals surface area contributed by atoms with Gasteiger partial charge in [0.25, 0.3) is 5.91 Å². The van der Waals surface area contributed by atoms with Crippen LogP contribution in [0.2, 0.25) is 0 Å². The predicted octanol–water partition coefficient (Wildman–Crippen LogP) is 2.52. The average molecular weight is 310 g/mol. The van der Waals surface area contributed by atoms with Gasteiger partial charge >= 0.3 is 0 Å². The van der Waals surface area contributed by atoms with E-state index in [-0.39, 0.29) is 11.9 Å². The fourth-order valence-electron chi connectivity index (χ4n) is 3.65. The molecule has 1 aromatic carbocycles. The molecule has 0 bridgehead atoms. The van der Waals surface area contributed by atoms with Crippen LogP contribution in [0.15, 0.2) is 30.5 Å². The van der Waals surface area contributed by atoms with Gasteiger partial charge in [0.1, 0.15) is 6.04 Å². The molecule has 5 heteroatoms. The van der Waals surface area contributed by atoms with Crippen molar-refractivity contribution in [3.63, 3.8) is 0 Å². The zero-order chi connectivity index (χ0) is 15.8. The summed E-state index contributed by atoms with van der Waals surface area (Å²) in [5.41, 5.74) is 3.95. The van der Waals surface area contributed by atoms with Crippen molar-refractivity contribution in [1.82, 2.24) is 9.78 Å². The Balaban J connectivity index is 1.51. The zero-order valence-electron chi connectivity index (χ0n) is 13.5. The van der Waals surface area contributed by atoms with Crippen molar-refractivity contribution in [3.05, 3.63) is 41.6 Å². The smallest absolute Gasteiger partial charge is 0.250 e. The van der Waals surface area contributed by atoms with Crippen molar-refractivity contribution in [3.8, 4) is 0 Å². The maximum absolute atomic E-state index is 12.8. The van der Waals surface area contributed by atoms with E-state index < -0.39 is 0 Å². The van der Waals surface area contributed by atoms with Gasteiger partial charge in [-0.15, -0.1) is 0 Å². The lowest BCUT2D eigenvalue weighted by Gasteiger charge is -2.31. The lowest BCUT2D eigenvalue weighted by atomic mass is 10.0.